The summed E-state index contributed by atoms with van der Waals surface area (Å²) in [5.41, 5.74) is 3.03. The Bertz CT molecular complexity index is 1070. The molecule has 2 aromatic heterocycles. The minimum absolute atomic E-state index is 0.585. The van der Waals surface area contributed by atoms with Crippen LogP contribution in [0.15, 0.2) is 82.6 Å². The first-order valence-electron chi connectivity index (χ1n) is 8.66. The van der Waals surface area contributed by atoms with Crippen molar-refractivity contribution in [1.29, 1.82) is 0 Å². The molecule has 2 heterocycles. The second-order valence-corrected chi connectivity index (χ2v) is 8.38. The molecule has 28 heavy (non-hydrogen) atoms. The minimum atomic E-state index is 0.585. The van der Waals surface area contributed by atoms with E-state index in [2.05, 4.69) is 47.8 Å². The summed E-state index contributed by atoms with van der Waals surface area (Å²) in [6.07, 6.45) is 1.76. The minimum Gasteiger partial charge on any atom is -0.296 e. The maximum absolute atomic E-state index is 6.40. The SMILES string of the molecule is Clc1ccccc1Cn1c(SCc2ccc(Br)cc2)nnc1-c1ccccn1. The molecule has 0 saturated carbocycles. The van der Waals surface area contributed by atoms with Crippen LogP contribution in [0, 0.1) is 0 Å². The largest absolute Gasteiger partial charge is 0.296 e. The molecule has 7 heteroatoms. The van der Waals surface area contributed by atoms with E-state index >= 15 is 0 Å². The van der Waals surface area contributed by atoms with Crippen molar-refractivity contribution < 1.29 is 0 Å². The van der Waals surface area contributed by atoms with Gasteiger partial charge in [0.15, 0.2) is 11.0 Å². The molecule has 2 aromatic carbocycles. The second kappa shape index (κ2) is 8.90. The van der Waals surface area contributed by atoms with Crippen molar-refractivity contribution in [2.45, 2.75) is 17.5 Å². The van der Waals surface area contributed by atoms with Crippen molar-refractivity contribution in [3.05, 3.63) is 93.5 Å². The summed E-state index contributed by atoms with van der Waals surface area (Å²) >= 11 is 11.5. The molecule has 140 valence electrons. The molecule has 0 radical (unpaired) electrons. The lowest BCUT2D eigenvalue weighted by atomic mass is 10.2. The molecule has 0 atom stereocenters. The van der Waals surface area contributed by atoms with Crippen LogP contribution in [-0.4, -0.2) is 19.7 Å². The van der Waals surface area contributed by atoms with Crippen LogP contribution < -0.4 is 0 Å². The second-order valence-electron chi connectivity index (χ2n) is 6.11. The summed E-state index contributed by atoms with van der Waals surface area (Å²) in [7, 11) is 0. The van der Waals surface area contributed by atoms with E-state index in [0.29, 0.717) is 6.54 Å². The van der Waals surface area contributed by atoms with Gasteiger partial charge in [-0.25, -0.2) is 0 Å². The molecule has 0 N–H and O–H groups in total. The Labute approximate surface area is 181 Å². The summed E-state index contributed by atoms with van der Waals surface area (Å²) in [5.74, 6) is 1.54. The summed E-state index contributed by atoms with van der Waals surface area (Å²) in [5, 5.41) is 10.4. The number of hydrogen-bond acceptors (Lipinski definition) is 4. The van der Waals surface area contributed by atoms with Crippen molar-refractivity contribution in [3.63, 3.8) is 0 Å². The highest BCUT2D eigenvalue weighted by Gasteiger charge is 2.16. The average Bonchev–Trinajstić information content (AvgIpc) is 3.12. The van der Waals surface area contributed by atoms with Gasteiger partial charge in [-0.05, 0) is 41.5 Å². The van der Waals surface area contributed by atoms with E-state index < -0.39 is 0 Å². The molecule has 0 unspecified atom stereocenters. The van der Waals surface area contributed by atoms with E-state index in [1.807, 2.05) is 54.6 Å². The number of nitrogens with zero attached hydrogens (tertiary/aromatic N) is 4. The van der Waals surface area contributed by atoms with E-state index in [-0.39, 0.29) is 0 Å². The fourth-order valence-electron chi connectivity index (χ4n) is 2.75. The molecule has 0 bridgehead atoms. The number of benzene rings is 2. The fourth-order valence-corrected chi connectivity index (χ4v) is 4.10. The highest BCUT2D eigenvalue weighted by atomic mass is 79.9. The summed E-state index contributed by atoms with van der Waals surface area (Å²) in [6.45, 7) is 0.585. The molecule has 4 rings (SSSR count). The van der Waals surface area contributed by atoms with Gasteiger partial charge in [0.2, 0.25) is 0 Å². The Hall–Kier alpha value is -2.15. The Morgan fingerprint density at radius 3 is 2.46 bits per heavy atom. The lowest BCUT2D eigenvalue weighted by Crippen LogP contribution is -2.05. The topological polar surface area (TPSA) is 43.6 Å². The Morgan fingerprint density at radius 1 is 0.929 bits per heavy atom. The molecule has 0 fully saturated rings. The van der Waals surface area contributed by atoms with Gasteiger partial charge in [0.1, 0.15) is 5.69 Å². The van der Waals surface area contributed by atoms with E-state index in [9.17, 15) is 0 Å². The van der Waals surface area contributed by atoms with Crippen LogP contribution in [0.25, 0.3) is 11.5 Å². The molecule has 4 aromatic rings. The third-order valence-electron chi connectivity index (χ3n) is 4.18. The zero-order chi connectivity index (χ0) is 19.3. The van der Waals surface area contributed by atoms with Gasteiger partial charge in [-0.15, -0.1) is 10.2 Å². The number of aromatic nitrogens is 4. The summed E-state index contributed by atoms with van der Waals surface area (Å²) < 4.78 is 3.15. The van der Waals surface area contributed by atoms with Gasteiger partial charge in [0, 0.05) is 21.4 Å². The van der Waals surface area contributed by atoms with Gasteiger partial charge in [-0.2, -0.15) is 0 Å². The number of rotatable bonds is 6. The maximum Gasteiger partial charge on any atom is 0.192 e. The lowest BCUT2D eigenvalue weighted by Gasteiger charge is -2.11. The Balaban J connectivity index is 1.66. The smallest absolute Gasteiger partial charge is 0.192 e. The zero-order valence-corrected chi connectivity index (χ0v) is 18.0. The number of thioether (sulfide) groups is 1. The van der Waals surface area contributed by atoms with Gasteiger partial charge < -0.3 is 0 Å². The standard InChI is InChI=1S/C21H16BrClN4S/c22-17-10-8-15(9-11-17)14-28-21-26-25-20(19-7-3-4-12-24-19)27(21)13-16-5-1-2-6-18(16)23/h1-12H,13-14H2. The van der Waals surface area contributed by atoms with Gasteiger partial charge in [-0.3, -0.25) is 9.55 Å². The molecular weight excluding hydrogens is 456 g/mol. The normalized spacial score (nSPS) is 10.9. The van der Waals surface area contributed by atoms with E-state index in [1.54, 1.807) is 18.0 Å². The van der Waals surface area contributed by atoms with Crippen molar-refractivity contribution in [2.75, 3.05) is 0 Å². The summed E-state index contributed by atoms with van der Waals surface area (Å²) in [6, 6.07) is 21.9. The van der Waals surface area contributed by atoms with Crippen LogP contribution in [-0.2, 0) is 12.3 Å². The van der Waals surface area contributed by atoms with Gasteiger partial charge in [-0.1, -0.05) is 75.7 Å². The first-order valence-corrected chi connectivity index (χ1v) is 10.8. The van der Waals surface area contributed by atoms with Gasteiger partial charge in [0.25, 0.3) is 0 Å². The third-order valence-corrected chi connectivity index (χ3v) is 6.11. The van der Waals surface area contributed by atoms with E-state index in [0.717, 1.165) is 37.5 Å². The molecule has 0 aliphatic carbocycles. The number of hydrogen-bond donors (Lipinski definition) is 0. The van der Waals surface area contributed by atoms with Crippen LogP contribution in [0.3, 0.4) is 0 Å². The lowest BCUT2D eigenvalue weighted by molar-refractivity contribution is 0.713. The van der Waals surface area contributed by atoms with Gasteiger partial charge >= 0.3 is 0 Å². The first kappa shape index (κ1) is 19.2. The van der Waals surface area contributed by atoms with Crippen LogP contribution in [0.5, 0.6) is 0 Å². The molecule has 0 spiro atoms. The molecule has 0 aliphatic heterocycles. The van der Waals surface area contributed by atoms with Crippen LogP contribution in [0.4, 0.5) is 0 Å². The molecular formula is C21H16BrClN4S. The maximum atomic E-state index is 6.40. The fraction of sp³-hybridized carbons (Fsp3) is 0.0952. The highest BCUT2D eigenvalue weighted by Crippen LogP contribution is 2.28. The van der Waals surface area contributed by atoms with Crippen molar-refractivity contribution in [2.24, 2.45) is 0 Å². The number of pyridine rings is 1. The highest BCUT2D eigenvalue weighted by molar-refractivity contribution is 9.10. The Kier molecular flexibility index (Phi) is 6.10. The van der Waals surface area contributed by atoms with Crippen molar-refractivity contribution in [1.82, 2.24) is 19.7 Å². The van der Waals surface area contributed by atoms with E-state index in [1.165, 1.54) is 5.56 Å². The van der Waals surface area contributed by atoms with Gasteiger partial charge in [0.05, 0.1) is 6.54 Å². The number of halogens is 2. The molecule has 0 aliphatic rings. The predicted octanol–water partition coefficient (Wildman–Crippen LogP) is 6.10. The molecule has 0 amide bonds. The van der Waals surface area contributed by atoms with Crippen molar-refractivity contribution >= 4 is 39.3 Å². The molecule has 4 nitrogen and oxygen atoms in total. The zero-order valence-electron chi connectivity index (χ0n) is 14.8. The average molecular weight is 472 g/mol. The Morgan fingerprint density at radius 2 is 1.71 bits per heavy atom. The molecule has 0 saturated heterocycles. The quantitative estimate of drug-likeness (QED) is 0.319. The first-order chi connectivity index (χ1) is 13.7. The van der Waals surface area contributed by atoms with Crippen LogP contribution >= 0.6 is 39.3 Å². The van der Waals surface area contributed by atoms with Crippen molar-refractivity contribution in [3.8, 4) is 11.5 Å². The summed E-state index contributed by atoms with van der Waals surface area (Å²) in [4.78, 5) is 4.44. The van der Waals surface area contributed by atoms with Crippen LogP contribution in [0.2, 0.25) is 5.02 Å². The predicted molar refractivity (Wildman–Crippen MR) is 118 cm³/mol. The third kappa shape index (κ3) is 4.46. The van der Waals surface area contributed by atoms with E-state index in [4.69, 9.17) is 11.6 Å². The van der Waals surface area contributed by atoms with Crippen LogP contribution in [0.1, 0.15) is 11.1 Å². The monoisotopic (exact) mass is 470 g/mol.